The zero-order valence-electron chi connectivity index (χ0n) is 14.8. The summed E-state index contributed by atoms with van der Waals surface area (Å²) in [6.45, 7) is 5.23. The van der Waals surface area contributed by atoms with Crippen molar-refractivity contribution in [2.45, 2.75) is 51.5 Å². The fraction of sp³-hybridized carbons (Fsp3) is 0.737. The van der Waals surface area contributed by atoms with Crippen molar-refractivity contribution in [3.05, 3.63) is 11.3 Å². The highest BCUT2D eigenvalue weighted by atomic mass is 16.4. The molecule has 0 spiro atoms. The molecular formula is C19H26N4O2. The highest BCUT2D eigenvalue weighted by Crippen LogP contribution is 2.49. The minimum absolute atomic E-state index is 0.335. The van der Waals surface area contributed by atoms with E-state index in [2.05, 4.69) is 16.7 Å². The molecule has 3 saturated heterocycles. The van der Waals surface area contributed by atoms with Crippen molar-refractivity contribution in [3.63, 3.8) is 0 Å². The molecule has 1 N–H and O–H groups in total. The van der Waals surface area contributed by atoms with Gasteiger partial charge >= 0.3 is 5.97 Å². The molecule has 1 unspecified atom stereocenters. The molecular weight excluding hydrogens is 316 g/mol. The third-order valence-electron chi connectivity index (χ3n) is 6.91. The van der Waals surface area contributed by atoms with E-state index in [1.165, 1.54) is 30.5 Å². The van der Waals surface area contributed by atoms with Crippen LogP contribution in [0.5, 0.6) is 0 Å². The van der Waals surface area contributed by atoms with Crippen LogP contribution in [0.2, 0.25) is 0 Å². The highest BCUT2D eigenvalue weighted by molar-refractivity contribution is 5.67. The van der Waals surface area contributed by atoms with E-state index in [4.69, 9.17) is 15.1 Å². The Morgan fingerprint density at radius 2 is 2.04 bits per heavy atom. The first-order valence-electron chi connectivity index (χ1n) is 9.73. The monoisotopic (exact) mass is 342 g/mol. The van der Waals surface area contributed by atoms with Crippen molar-refractivity contribution in [1.82, 2.24) is 9.97 Å². The molecule has 4 atom stereocenters. The van der Waals surface area contributed by atoms with E-state index >= 15 is 0 Å². The Bertz CT molecular complexity index is 710. The van der Waals surface area contributed by atoms with E-state index in [0.29, 0.717) is 30.2 Å². The van der Waals surface area contributed by atoms with Crippen molar-refractivity contribution in [3.8, 4) is 0 Å². The zero-order chi connectivity index (χ0) is 17.1. The molecule has 0 aromatic carbocycles. The summed E-state index contributed by atoms with van der Waals surface area (Å²) in [6, 6.07) is 0.544. The second kappa shape index (κ2) is 5.58. The van der Waals surface area contributed by atoms with E-state index in [1.807, 2.05) is 0 Å². The van der Waals surface area contributed by atoms with Gasteiger partial charge in [0.25, 0.3) is 0 Å². The highest BCUT2D eigenvalue weighted by Gasteiger charge is 2.48. The Balaban J connectivity index is 1.42. The molecule has 6 rings (SSSR count). The van der Waals surface area contributed by atoms with Crippen LogP contribution in [-0.4, -0.2) is 46.7 Å². The molecule has 4 fully saturated rings. The molecule has 134 valence electrons. The van der Waals surface area contributed by atoms with Gasteiger partial charge in [0.15, 0.2) is 0 Å². The van der Waals surface area contributed by atoms with Crippen molar-refractivity contribution >= 4 is 17.7 Å². The maximum atomic E-state index is 11.1. The third-order valence-corrected chi connectivity index (χ3v) is 6.91. The SMILES string of the molecule is C[C@H]1CCN1c1nc2c(c(N3C[C@H]4C[C@@H](C3)C4CC(=O)O)n1)CCC2. The number of aryl methyl sites for hydroxylation is 1. The minimum Gasteiger partial charge on any atom is -0.481 e. The standard InChI is InChI=1S/C19H26N4O2/c1-11-5-6-23(11)19-20-16-4-2-3-14(16)18(21-19)22-9-12-7-13(10-22)15(12)8-17(24)25/h11-13,15H,2-10H2,1H3,(H,24,25)/t11-,12-,13+,15?/m0/s1. The summed E-state index contributed by atoms with van der Waals surface area (Å²) in [4.78, 5) is 25.7. The summed E-state index contributed by atoms with van der Waals surface area (Å²) in [5, 5.41) is 9.13. The van der Waals surface area contributed by atoms with E-state index < -0.39 is 5.97 Å². The maximum absolute atomic E-state index is 11.1. The zero-order valence-corrected chi connectivity index (χ0v) is 14.8. The topological polar surface area (TPSA) is 69.6 Å². The molecule has 25 heavy (non-hydrogen) atoms. The Morgan fingerprint density at radius 1 is 1.24 bits per heavy atom. The summed E-state index contributed by atoms with van der Waals surface area (Å²) < 4.78 is 0. The van der Waals surface area contributed by atoms with Gasteiger partial charge in [-0.15, -0.1) is 0 Å². The van der Waals surface area contributed by atoms with E-state index in [0.717, 1.165) is 44.2 Å². The first kappa shape index (κ1) is 15.4. The summed E-state index contributed by atoms with van der Waals surface area (Å²) in [5.74, 6) is 2.83. The fourth-order valence-electron chi connectivity index (χ4n) is 5.30. The second-order valence-electron chi connectivity index (χ2n) is 8.38. The summed E-state index contributed by atoms with van der Waals surface area (Å²) in [6.07, 6.45) is 6.09. The van der Waals surface area contributed by atoms with Gasteiger partial charge in [0.2, 0.25) is 5.95 Å². The van der Waals surface area contributed by atoms with Gasteiger partial charge in [-0.05, 0) is 56.8 Å². The average Bonchev–Trinajstić information content (AvgIpc) is 3.06. The Morgan fingerprint density at radius 3 is 2.68 bits per heavy atom. The van der Waals surface area contributed by atoms with Gasteiger partial charge in [0, 0.05) is 37.7 Å². The maximum Gasteiger partial charge on any atom is 0.303 e. The predicted molar refractivity (Wildman–Crippen MR) is 95.0 cm³/mol. The lowest BCUT2D eigenvalue weighted by molar-refractivity contribution is -0.141. The summed E-state index contributed by atoms with van der Waals surface area (Å²) in [5.41, 5.74) is 2.61. The number of carbonyl (C=O) groups is 1. The normalized spacial score (nSPS) is 32.8. The van der Waals surface area contributed by atoms with Crippen molar-refractivity contribution in [1.29, 1.82) is 0 Å². The smallest absolute Gasteiger partial charge is 0.303 e. The van der Waals surface area contributed by atoms with Crippen LogP contribution in [0.25, 0.3) is 0 Å². The van der Waals surface area contributed by atoms with Crippen molar-refractivity contribution in [2.75, 3.05) is 29.4 Å². The third kappa shape index (κ3) is 2.41. The van der Waals surface area contributed by atoms with Crippen LogP contribution < -0.4 is 9.80 Å². The number of fused-ring (bicyclic) bond motifs is 3. The largest absolute Gasteiger partial charge is 0.481 e. The first-order chi connectivity index (χ1) is 12.1. The van der Waals surface area contributed by atoms with Crippen LogP contribution in [-0.2, 0) is 17.6 Å². The average molecular weight is 342 g/mol. The van der Waals surface area contributed by atoms with Crippen molar-refractivity contribution < 1.29 is 9.90 Å². The predicted octanol–water partition coefficient (Wildman–Crippen LogP) is 2.11. The fourth-order valence-corrected chi connectivity index (χ4v) is 5.30. The number of nitrogens with zero attached hydrogens (tertiary/aromatic N) is 4. The quantitative estimate of drug-likeness (QED) is 0.904. The summed E-state index contributed by atoms with van der Waals surface area (Å²) >= 11 is 0. The molecule has 2 aliphatic carbocycles. The number of aromatic nitrogens is 2. The van der Waals surface area contributed by atoms with Crippen LogP contribution in [0.1, 0.15) is 43.9 Å². The van der Waals surface area contributed by atoms with Crippen LogP contribution in [0, 0.1) is 17.8 Å². The number of piperidine rings is 2. The second-order valence-corrected chi connectivity index (χ2v) is 8.38. The lowest BCUT2D eigenvalue weighted by Crippen LogP contribution is -2.56. The van der Waals surface area contributed by atoms with Gasteiger partial charge in [-0.1, -0.05) is 0 Å². The van der Waals surface area contributed by atoms with Crippen LogP contribution >= 0.6 is 0 Å². The molecule has 5 aliphatic rings. The van der Waals surface area contributed by atoms with Gasteiger partial charge in [-0.2, -0.15) is 4.98 Å². The number of aliphatic carboxylic acids is 1. The van der Waals surface area contributed by atoms with E-state index in [1.54, 1.807) is 0 Å². The van der Waals surface area contributed by atoms with Crippen molar-refractivity contribution in [2.24, 2.45) is 17.8 Å². The number of rotatable bonds is 4. The molecule has 0 amide bonds. The van der Waals surface area contributed by atoms with Gasteiger partial charge in [0.05, 0.1) is 5.69 Å². The molecule has 3 aliphatic heterocycles. The number of carboxylic acid groups (broad SMARTS) is 1. The van der Waals surface area contributed by atoms with E-state index in [9.17, 15) is 4.79 Å². The molecule has 1 aromatic heterocycles. The van der Waals surface area contributed by atoms with Gasteiger partial charge in [-0.25, -0.2) is 4.98 Å². The molecule has 4 heterocycles. The van der Waals surface area contributed by atoms with Crippen LogP contribution in [0.4, 0.5) is 11.8 Å². The van der Waals surface area contributed by atoms with Gasteiger partial charge in [0.1, 0.15) is 5.82 Å². The molecule has 6 nitrogen and oxygen atoms in total. The lowest BCUT2D eigenvalue weighted by Gasteiger charge is -2.54. The molecule has 2 bridgehead atoms. The number of anilines is 2. The molecule has 1 aromatic rings. The van der Waals surface area contributed by atoms with Crippen LogP contribution in [0.15, 0.2) is 0 Å². The van der Waals surface area contributed by atoms with Crippen LogP contribution in [0.3, 0.4) is 0 Å². The van der Waals surface area contributed by atoms with Gasteiger partial charge < -0.3 is 14.9 Å². The molecule has 0 radical (unpaired) electrons. The number of hydrogen-bond acceptors (Lipinski definition) is 5. The summed E-state index contributed by atoms with van der Waals surface area (Å²) in [7, 11) is 0. The van der Waals surface area contributed by atoms with Gasteiger partial charge in [-0.3, -0.25) is 4.79 Å². The Labute approximate surface area is 148 Å². The number of hydrogen-bond donors (Lipinski definition) is 1. The number of carboxylic acids is 1. The minimum atomic E-state index is -0.648. The Kier molecular flexibility index (Phi) is 3.44. The van der Waals surface area contributed by atoms with E-state index in [-0.39, 0.29) is 0 Å². The first-order valence-corrected chi connectivity index (χ1v) is 9.73. The lowest BCUT2D eigenvalue weighted by atomic mass is 9.60. The molecule has 1 saturated carbocycles. The Hall–Kier alpha value is -1.85. The molecule has 6 heteroatoms.